The Kier molecular flexibility index (Phi) is 12.8. The van der Waals surface area contributed by atoms with E-state index in [9.17, 15) is 0 Å². The molecule has 0 aromatic heterocycles. The van der Waals surface area contributed by atoms with Crippen LogP contribution in [0.15, 0.2) is 287 Å². The first kappa shape index (κ1) is 51.2. The highest BCUT2D eigenvalue weighted by atomic mass is 32.2. The molecular weight excluding hydrogens is 1030 g/mol. The molecule has 82 heavy (non-hydrogen) atoms. The minimum absolute atomic E-state index is 0.0316. The Bertz CT molecular complexity index is 4080. The van der Waals surface area contributed by atoms with E-state index in [4.69, 9.17) is 0 Å². The average Bonchev–Trinajstić information content (AvgIpc) is 3.52. The van der Waals surface area contributed by atoms with Crippen LogP contribution in [0.25, 0.3) is 32.7 Å². The van der Waals surface area contributed by atoms with E-state index in [0.717, 1.165) is 56.9 Å². The molecular formula is C76H62N4S2. The molecule has 0 spiro atoms. The predicted molar refractivity (Wildman–Crippen MR) is 351 cm³/mol. The van der Waals surface area contributed by atoms with Gasteiger partial charge < -0.3 is 19.6 Å². The molecule has 0 bridgehead atoms. The largest absolute Gasteiger partial charge is 0.310 e. The Hall–Kier alpha value is -8.94. The van der Waals surface area contributed by atoms with E-state index in [-0.39, 0.29) is 10.8 Å². The van der Waals surface area contributed by atoms with E-state index >= 15 is 0 Å². The van der Waals surface area contributed by atoms with Crippen molar-refractivity contribution in [2.24, 2.45) is 0 Å². The molecule has 0 saturated heterocycles. The van der Waals surface area contributed by atoms with Gasteiger partial charge in [-0.15, -0.1) is 0 Å². The summed E-state index contributed by atoms with van der Waals surface area (Å²) in [6.45, 7) is 13.7. The lowest BCUT2D eigenvalue weighted by Crippen LogP contribution is -2.17. The van der Waals surface area contributed by atoms with Crippen LogP contribution < -0.4 is 19.6 Å². The van der Waals surface area contributed by atoms with Gasteiger partial charge in [-0.25, -0.2) is 0 Å². The highest BCUT2D eigenvalue weighted by Gasteiger charge is 2.31. The van der Waals surface area contributed by atoms with E-state index < -0.39 is 0 Å². The topological polar surface area (TPSA) is 13.0 Å². The monoisotopic (exact) mass is 1090 g/mol. The standard InChI is InChI=1S/C76H62N4S2/c1-75(2,3)55-33-37-59(38-34-55)79-67-43-31-53(47-71(67)81-73-49-61(41-45-69(73)79)77(57-23-9-7-10-24-57)65-29-17-21-51-19-13-15-27-63(51)65)54-32-44-68-72(48-54)82-74-50-62(42-46-70(74)80(68)60-39-35-56(36-40-60)76(4,5)6)78(58-25-11-8-12-26-58)66-30-18-22-52-20-14-16-28-64(52)66/h7-50H,1-6H3. The molecule has 0 radical (unpaired) electrons. The van der Waals surface area contributed by atoms with Crippen LogP contribution in [0.3, 0.4) is 0 Å². The number of nitrogens with zero attached hydrogens (tertiary/aromatic N) is 4. The second-order valence-electron chi connectivity index (χ2n) is 23.5. The average molecular weight is 1100 g/mol. The van der Waals surface area contributed by atoms with Crippen LogP contribution in [-0.2, 0) is 10.8 Å². The molecule has 2 aliphatic rings. The lowest BCUT2D eigenvalue weighted by atomic mass is 9.87. The molecule has 398 valence electrons. The van der Waals surface area contributed by atoms with Crippen molar-refractivity contribution in [1.29, 1.82) is 0 Å². The second kappa shape index (κ2) is 20.6. The Balaban J connectivity index is 0.890. The predicted octanol–water partition coefficient (Wildman–Crippen LogP) is 23.1. The quantitative estimate of drug-likeness (QED) is 0.142. The van der Waals surface area contributed by atoms with Crippen molar-refractivity contribution in [1.82, 2.24) is 0 Å². The summed E-state index contributed by atoms with van der Waals surface area (Å²) < 4.78 is 0. The molecule has 0 fully saturated rings. The highest BCUT2D eigenvalue weighted by Crippen LogP contribution is 2.57. The van der Waals surface area contributed by atoms with Gasteiger partial charge in [-0.05, 0) is 165 Å². The molecule has 2 aliphatic heterocycles. The summed E-state index contributed by atoms with van der Waals surface area (Å²) in [6, 6.07) is 98.7. The Morgan fingerprint density at radius 2 is 0.634 bits per heavy atom. The van der Waals surface area contributed by atoms with Crippen molar-refractivity contribution in [2.75, 3.05) is 19.6 Å². The molecule has 4 nitrogen and oxygen atoms in total. The maximum Gasteiger partial charge on any atom is 0.0603 e. The van der Waals surface area contributed by atoms with Gasteiger partial charge in [0.05, 0.1) is 34.1 Å². The zero-order valence-electron chi connectivity index (χ0n) is 47.0. The second-order valence-corrected chi connectivity index (χ2v) is 25.6. The SMILES string of the molecule is CC(C)(C)c1ccc(N2c3ccc(-c4ccc5c(c4)Sc4cc(N(c6ccccc6)c6cccc7ccccc67)ccc4N5c4ccc(C(C)(C)C)cc4)cc3Sc3cc(N(c4ccccc4)c4cccc5ccccc45)ccc32)cc1. The first-order valence-corrected chi connectivity index (χ1v) is 29.9. The molecule has 6 heteroatoms. The van der Waals surface area contributed by atoms with Crippen LogP contribution in [0, 0.1) is 0 Å². The Morgan fingerprint density at radius 3 is 1.02 bits per heavy atom. The minimum Gasteiger partial charge on any atom is -0.310 e. The van der Waals surface area contributed by atoms with Crippen LogP contribution in [-0.4, -0.2) is 0 Å². The van der Waals surface area contributed by atoms with Crippen molar-refractivity contribution in [3.05, 3.63) is 278 Å². The van der Waals surface area contributed by atoms with Gasteiger partial charge in [0.1, 0.15) is 0 Å². The van der Waals surface area contributed by atoms with Crippen LogP contribution in [0.1, 0.15) is 52.7 Å². The molecule has 12 aromatic carbocycles. The van der Waals surface area contributed by atoms with E-state index in [0.29, 0.717) is 0 Å². The van der Waals surface area contributed by atoms with Crippen LogP contribution >= 0.6 is 23.5 Å². The van der Waals surface area contributed by atoms with Gasteiger partial charge in [-0.1, -0.05) is 211 Å². The normalized spacial score (nSPS) is 12.9. The molecule has 12 aromatic rings. The van der Waals surface area contributed by atoms with Crippen molar-refractivity contribution in [2.45, 2.75) is 72.0 Å². The summed E-state index contributed by atoms with van der Waals surface area (Å²) >= 11 is 3.71. The highest BCUT2D eigenvalue weighted by molar-refractivity contribution is 8.00. The van der Waals surface area contributed by atoms with Gasteiger partial charge in [0.25, 0.3) is 0 Å². The number of para-hydroxylation sites is 2. The molecule has 0 aliphatic carbocycles. The van der Waals surface area contributed by atoms with E-state index in [2.05, 4.69) is 328 Å². The lowest BCUT2D eigenvalue weighted by molar-refractivity contribution is 0.590. The first-order valence-electron chi connectivity index (χ1n) is 28.3. The van der Waals surface area contributed by atoms with Crippen molar-refractivity contribution >= 4 is 113 Å². The number of hydrogen-bond donors (Lipinski definition) is 0. The van der Waals surface area contributed by atoms with Crippen molar-refractivity contribution < 1.29 is 0 Å². The summed E-state index contributed by atoms with van der Waals surface area (Å²) in [4.78, 5) is 14.5. The van der Waals surface area contributed by atoms with Crippen molar-refractivity contribution in [3.8, 4) is 11.1 Å². The fourth-order valence-corrected chi connectivity index (χ4v) is 14.1. The Labute approximate surface area is 491 Å². The molecule has 14 rings (SSSR count). The number of anilines is 12. The van der Waals surface area contributed by atoms with Gasteiger partial charge in [-0.3, -0.25) is 0 Å². The maximum atomic E-state index is 2.46. The molecule has 0 N–H and O–H groups in total. The first-order chi connectivity index (χ1) is 39.9. The van der Waals surface area contributed by atoms with Gasteiger partial charge in [0.15, 0.2) is 0 Å². The minimum atomic E-state index is 0.0316. The van der Waals surface area contributed by atoms with Gasteiger partial charge in [0.2, 0.25) is 0 Å². The smallest absolute Gasteiger partial charge is 0.0603 e. The third kappa shape index (κ3) is 9.36. The van der Waals surface area contributed by atoms with E-state index in [1.54, 1.807) is 0 Å². The fourth-order valence-electron chi connectivity index (χ4n) is 11.8. The van der Waals surface area contributed by atoms with Gasteiger partial charge >= 0.3 is 0 Å². The molecule has 0 unspecified atom stereocenters. The molecule has 0 saturated carbocycles. The number of hydrogen-bond acceptors (Lipinski definition) is 6. The third-order valence-electron chi connectivity index (χ3n) is 16.1. The summed E-state index contributed by atoms with van der Waals surface area (Å²) in [5, 5.41) is 4.84. The lowest BCUT2D eigenvalue weighted by Gasteiger charge is -2.35. The van der Waals surface area contributed by atoms with Crippen molar-refractivity contribution in [3.63, 3.8) is 0 Å². The number of fused-ring (bicyclic) bond motifs is 6. The van der Waals surface area contributed by atoms with E-state index in [1.807, 2.05) is 23.5 Å². The number of rotatable bonds is 9. The summed E-state index contributed by atoms with van der Waals surface area (Å²) in [6.07, 6.45) is 0. The fraction of sp³-hybridized carbons (Fsp3) is 0.105. The summed E-state index contributed by atoms with van der Waals surface area (Å²) in [5.41, 5.74) is 18.7. The molecule has 0 atom stereocenters. The van der Waals surface area contributed by atoms with Crippen LogP contribution in [0.5, 0.6) is 0 Å². The van der Waals surface area contributed by atoms with Crippen LogP contribution in [0.4, 0.5) is 68.2 Å². The maximum absolute atomic E-state index is 2.46. The summed E-state index contributed by atoms with van der Waals surface area (Å²) in [7, 11) is 0. The summed E-state index contributed by atoms with van der Waals surface area (Å²) in [5.74, 6) is 0. The van der Waals surface area contributed by atoms with Gasteiger partial charge in [0, 0.05) is 64.5 Å². The number of benzene rings is 12. The zero-order valence-corrected chi connectivity index (χ0v) is 48.6. The third-order valence-corrected chi connectivity index (χ3v) is 18.3. The molecule has 0 amide bonds. The van der Waals surface area contributed by atoms with Crippen LogP contribution in [0.2, 0.25) is 0 Å². The zero-order chi connectivity index (χ0) is 55.7. The molecule has 2 heterocycles. The van der Waals surface area contributed by atoms with Gasteiger partial charge in [-0.2, -0.15) is 0 Å². The Morgan fingerprint density at radius 1 is 0.293 bits per heavy atom. The van der Waals surface area contributed by atoms with E-state index in [1.165, 1.54) is 74.8 Å².